The number of benzene rings is 2. The first-order valence-corrected chi connectivity index (χ1v) is 11.5. The Hall–Kier alpha value is -3.52. The van der Waals surface area contributed by atoms with E-state index in [0.29, 0.717) is 40.7 Å². The molecule has 0 fully saturated rings. The van der Waals surface area contributed by atoms with Gasteiger partial charge in [-0.2, -0.15) is 0 Å². The maximum Gasteiger partial charge on any atom is 0.254 e. The molecule has 4 rings (SSSR count). The first kappa shape index (κ1) is 22.7. The van der Waals surface area contributed by atoms with E-state index in [1.54, 1.807) is 30.1 Å². The number of carbonyl (C=O) groups is 2. The van der Waals surface area contributed by atoms with Gasteiger partial charge in [-0.05, 0) is 48.2 Å². The maximum absolute atomic E-state index is 13.8. The summed E-state index contributed by atoms with van der Waals surface area (Å²) in [6.45, 7) is 2.37. The van der Waals surface area contributed by atoms with Gasteiger partial charge in [0.25, 0.3) is 5.91 Å². The van der Waals surface area contributed by atoms with Crippen molar-refractivity contribution < 1.29 is 23.8 Å². The van der Waals surface area contributed by atoms with Crippen LogP contribution in [0.1, 0.15) is 39.7 Å². The molecule has 0 saturated carbocycles. The largest absolute Gasteiger partial charge is 0.493 e. The second-order valence-electron chi connectivity index (χ2n) is 7.57. The molecule has 0 radical (unpaired) electrons. The van der Waals surface area contributed by atoms with Gasteiger partial charge in [-0.15, -0.1) is 11.3 Å². The number of nitrogens with one attached hydrogen (secondary N) is 1. The molecule has 0 unspecified atom stereocenters. The predicted octanol–water partition coefficient (Wildman–Crippen LogP) is 4.71. The lowest BCUT2D eigenvalue weighted by Gasteiger charge is -2.39. The Bertz CT molecular complexity index is 1160. The topological polar surface area (TPSA) is 77.1 Å². The van der Waals surface area contributed by atoms with Gasteiger partial charge in [-0.1, -0.05) is 18.2 Å². The van der Waals surface area contributed by atoms with Gasteiger partial charge in [0.1, 0.15) is 5.75 Å². The van der Waals surface area contributed by atoms with Crippen molar-refractivity contribution >= 4 is 28.8 Å². The Morgan fingerprint density at radius 2 is 1.79 bits per heavy atom. The molecule has 2 aromatic carbocycles. The summed E-state index contributed by atoms with van der Waals surface area (Å²) in [4.78, 5) is 29.7. The minimum Gasteiger partial charge on any atom is -0.493 e. The number of rotatable bonds is 7. The van der Waals surface area contributed by atoms with Gasteiger partial charge in [0.2, 0.25) is 5.91 Å². The number of likely N-dealkylation sites (N-methyl/N-ethyl adjacent to an activating group) is 1. The van der Waals surface area contributed by atoms with Gasteiger partial charge in [-0.3, -0.25) is 9.59 Å². The molecule has 0 spiro atoms. The number of hydrogen-bond donors (Lipinski definition) is 1. The quantitative estimate of drug-likeness (QED) is 0.546. The monoisotopic (exact) mass is 466 g/mol. The summed E-state index contributed by atoms with van der Waals surface area (Å²) < 4.78 is 16.6. The third-order valence-electron chi connectivity index (χ3n) is 5.74. The summed E-state index contributed by atoms with van der Waals surface area (Å²) >= 11 is 1.51. The SMILES string of the molecule is CCOc1ccccc1NC(=O)[C@H]1c2cc(OC)c(OC)cc2C(=O)N(C)[C@@H]1c1cccs1. The molecule has 172 valence electrons. The van der Waals surface area contributed by atoms with Crippen LogP contribution in [0.4, 0.5) is 5.69 Å². The molecule has 7 nitrogen and oxygen atoms in total. The van der Waals surface area contributed by atoms with Crippen molar-refractivity contribution in [2.45, 2.75) is 18.9 Å². The van der Waals surface area contributed by atoms with Crippen molar-refractivity contribution in [2.24, 2.45) is 0 Å². The normalized spacial score (nSPS) is 17.3. The predicted molar refractivity (Wildman–Crippen MR) is 128 cm³/mol. The average molecular weight is 467 g/mol. The van der Waals surface area contributed by atoms with Crippen molar-refractivity contribution in [1.29, 1.82) is 0 Å². The van der Waals surface area contributed by atoms with E-state index in [-0.39, 0.29) is 11.8 Å². The van der Waals surface area contributed by atoms with Crippen LogP contribution in [0.25, 0.3) is 0 Å². The van der Waals surface area contributed by atoms with Crippen molar-refractivity contribution in [1.82, 2.24) is 4.90 Å². The number of anilines is 1. The minimum atomic E-state index is -0.671. The number of carbonyl (C=O) groups excluding carboxylic acids is 2. The third-order valence-corrected chi connectivity index (χ3v) is 6.68. The van der Waals surface area contributed by atoms with Crippen LogP contribution in [0, 0.1) is 0 Å². The maximum atomic E-state index is 13.8. The second kappa shape index (κ2) is 9.54. The molecule has 0 aliphatic carbocycles. The highest BCUT2D eigenvalue weighted by Gasteiger charge is 2.44. The molecular weight excluding hydrogens is 440 g/mol. The molecule has 0 bridgehead atoms. The van der Waals surface area contributed by atoms with E-state index >= 15 is 0 Å². The lowest BCUT2D eigenvalue weighted by molar-refractivity contribution is -0.119. The molecule has 3 aromatic rings. The van der Waals surface area contributed by atoms with Crippen LogP contribution in [-0.4, -0.2) is 44.6 Å². The number of methoxy groups -OCH3 is 2. The zero-order chi connectivity index (χ0) is 23.5. The highest BCUT2D eigenvalue weighted by Crippen LogP contribution is 2.47. The summed E-state index contributed by atoms with van der Waals surface area (Å²) in [5, 5.41) is 4.97. The van der Waals surface area contributed by atoms with Crippen LogP contribution < -0.4 is 19.5 Å². The number of ether oxygens (including phenoxy) is 3. The molecule has 0 saturated heterocycles. The lowest BCUT2D eigenvalue weighted by Crippen LogP contribution is -2.43. The van der Waals surface area contributed by atoms with E-state index in [2.05, 4.69) is 5.32 Å². The van der Waals surface area contributed by atoms with E-state index in [4.69, 9.17) is 14.2 Å². The van der Waals surface area contributed by atoms with E-state index in [1.807, 2.05) is 42.6 Å². The summed E-state index contributed by atoms with van der Waals surface area (Å²) in [5.74, 6) is 0.403. The van der Waals surface area contributed by atoms with Gasteiger partial charge >= 0.3 is 0 Å². The van der Waals surface area contributed by atoms with Gasteiger partial charge < -0.3 is 24.4 Å². The van der Waals surface area contributed by atoms with E-state index in [0.717, 1.165) is 4.88 Å². The van der Waals surface area contributed by atoms with Crippen LogP contribution >= 0.6 is 11.3 Å². The van der Waals surface area contributed by atoms with Gasteiger partial charge in [0.15, 0.2) is 11.5 Å². The van der Waals surface area contributed by atoms with Crippen LogP contribution in [0.3, 0.4) is 0 Å². The molecule has 2 amide bonds. The lowest BCUT2D eigenvalue weighted by atomic mass is 9.81. The van der Waals surface area contributed by atoms with Crippen molar-refractivity contribution in [3.63, 3.8) is 0 Å². The molecular formula is C25H26N2O5S. The minimum absolute atomic E-state index is 0.178. The fourth-order valence-electron chi connectivity index (χ4n) is 4.21. The van der Waals surface area contributed by atoms with Crippen molar-refractivity contribution in [2.75, 3.05) is 33.2 Å². The summed E-state index contributed by atoms with van der Waals surface area (Å²) in [5.41, 5.74) is 1.59. The zero-order valence-corrected chi connectivity index (χ0v) is 19.8. The Morgan fingerprint density at radius 1 is 1.06 bits per heavy atom. The Balaban J connectivity index is 1.85. The molecule has 1 N–H and O–H groups in total. The van der Waals surface area contributed by atoms with E-state index < -0.39 is 12.0 Å². The molecule has 2 heterocycles. The number of nitrogens with zero attached hydrogens (tertiary/aromatic N) is 1. The molecule has 1 aliphatic rings. The fourth-order valence-corrected chi connectivity index (χ4v) is 5.11. The highest BCUT2D eigenvalue weighted by molar-refractivity contribution is 7.10. The van der Waals surface area contributed by atoms with Gasteiger partial charge in [-0.25, -0.2) is 0 Å². The molecule has 2 atom stereocenters. The first-order valence-electron chi connectivity index (χ1n) is 10.6. The summed E-state index contributed by atoms with van der Waals surface area (Å²) in [6, 6.07) is 14.1. The van der Waals surface area contributed by atoms with Crippen LogP contribution in [-0.2, 0) is 4.79 Å². The fraction of sp³-hybridized carbons (Fsp3) is 0.280. The van der Waals surface area contributed by atoms with Crippen LogP contribution in [0.5, 0.6) is 17.2 Å². The van der Waals surface area contributed by atoms with E-state index in [1.165, 1.54) is 25.6 Å². The van der Waals surface area contributed by atoms with Gasteiger partial charge in [0, 0.05) is 17.5 Å². The molecule has 8 heteroatoms. The van der Waals surface area contributed by atoms with Crippen molar-refractivity contribution in [3.8, 4) is 17.2 Å². The third kappa shape index (κ3) is 4.14. The average Bonchev–Trinajstić information content (AvgIpc) is 3.36. The van der Waals surface area contributed by atoms with E-state index in [9.17, 15) is 9.59 Å². The number of fused-ring (bicyclic) bond motifs is 1. The summed E-state index contributed by atoms with van der Waals surface area (Å²) in [7, 11) is 4.77. The Labute approximate surface area is 196 Å². The van der Waals surface area contributed by atoms with Crippen molar-refractivity contribution in [3.05, 3.63) is 69.9 Å². The molecule has 1 aliphatic heterocycles. The molecule has 33 heavy (non-hydrogen) atoms. The Kier molecular flexibility index (Phi) is 6.55. The standard InChI is InChI=1S/C25H26N2O5S/c1-5-32-18-10-7-6-9-17(18)26-24(28)22-15-13-19(30-3)20(31-4)14-16(15)25(29)27(2)23(22)21-11-8-12-33-21/h6-14,22-23H,5H2,1-4H3,(H,26,28)/t22-,23+/m0/s1. The smallest absolute Gasteiger partial charge is 0.254 e. The van der Waals surface area contributed by atoms with Gasteiger partial charge in [0.05, 0.1) is 38.5 Å². The number of thiophene rings is 1. The van der Waals surface area contributed by atoms with Crippen LogP contribution in [0.15, 0.2) is 53.9 Å². The highest BCUT2D eigenvalue weighted by atomic mass is 32.1. The summed E-state index contributed by atoms with van der Waals surface area (Å²) in [6.07, 6.45) is 0. The van der Waals surface area contributed by atoms with Crippen LogP contribution in [0.2, 0.25) is 0 Å². The zero-order valence-electron chi connectivity index (χ0n) is 19.0. The number of hydrogen-bond acceptors (Lipinski definition) is 6. The second-order valence-corrected chi connectivity index (χ2v) is 8.55. The number of amides is 2. The first-order chi connectivity index (χ1) is 16.0. The molecule has 1 aromatic heterocycles. The Morgan fingerprint density at radius 3 is 2.45 bits per heavy atom. The number of para-hydroxylation sites is 2.